The third kappa shape index (κ3) is 9.10. The Morgan fingerprint density at radius 1 is 1.30 bits per heavy atom. The highest BCUT2D eigenvalue weighted by molar-refractivity contribution is 6.62. The van der Waals surface area contributed by atoms with E-state index in [0.29, 0.717) is 0 Å². The van der Waals surface area contributed by atoms with Crippen molar-refractivity contribution in [3.63, 3.8) is 0 Å². The number of esters is 1. The largest absolute Gasteiger partial charge is 0.490 e. The van der Waals surface area contributed by atoms with Gasteiger partial charge in [-0.05, 0) is 5.56 Å². The van der Waals surface area contributed by atoms with E-state index in [1.807, 2.05) is 6.07 Å². The van der Waals surface area contributed by atoms with E-state index in [4.69, 9.17) is 21.2 Å². The molecule has 0 spiro atoms. The molecule has 0 unspecified atom stereocenters. The molecule has 0 bridgehead atoms. The van der Waals surface area contributed by atoms with Gasteiger partial charge >= 0.3 is 23.8 Å². The first-order valence-corrected chi connectivity index (χ1v) is 7.18. The summed E-state index contributed by atoms with van der Waals surface area (Å²) in [7, 11) is 0. The monoisotopic (exact) mass is 387 g/mol. The fraction of sp³-hybridized carbons (Fsp3) is 0.250. The number of carboxylic acids is 1. The zero-order valence-electron chi connectivity index (χ0n) is 13.8. The summed E-state index contributed by atoms with van der Waals surface area (Å²) in [6.45, 7) is 3.29. The van der Waals surface area contributed by atoms with Gasteiger partial charge in [0.25, 0.3) is 5.78 Å². The van der Waals surface area contributed by atoms with Crippen LogP contribution in [-0.2, 0) is 19.1 Å². The molecular weight excluding hydrogens is 371 g/mol. The highest BCUT2D eigenvalue weighted by atomic mass is 19.4. The van der Waals surface area contributed by atoms with E-state index in [0.717, 1.165) is 5.56 Å². The van der Waals surface area contributed by atoms with Gasteiger partial charge in [0.05, 0.1) is 0 Å². The molecule has 0 radical (unpaired) electrons. The number of carboxylic acid groups (broad SMARTS) is 1. The second-order valence-corrected chi connectivity index (χ2v) is 4.78. The number of carbonyl (C=O) groups is 3. The van der Waals surface area contributed by atoms with Gasteiger partial charge < -0.3 is 21.1 Å². The number of nitrogens with two attached hydrogens (primary N) is 1. The van der Waals surface area contributed by atoms with Gasteiger partial charge in [-0.25, -0.2) is 9.59 Å². The molecular formula is C16H16F3N3O5. The van der Waals surface area contributed by atoms with Crippen LogP contribution in [0.2, 0.25) is 0 Å². The lowest BCUT2D eigenvalue weighted by Crippen LogP contribution is -2.30. The summed E-state index contributed by atoms with van der Waals surface area (Å²) in [5.41, 5.74) is 14.7. The summed E-state index contributed by atoms with van der Waals surface area (Å²) in [6.07, 6.45) is -3.90. The van der Waals surface area contributed by atoms with Crippen LogP contribution in [-0.4, -0.2) is 46.1 Å². The number of hydrogen-bond acceptors (Lipinski definition) is 5. The molecule has 27 heavy (non-hydrogen) atoms. The molecule has 1 aromatic carbocycles. The summed E-state index contributed by atoms with van der Waals surface area (Å²) in [6, 6.07) is 8.35. The predicted octanol–water partition coefficient (Wildman–Crippen LogP) is 1.68. The van der Waals surface area contributed by atoms with Crippen LogP contribution in [0.4, 0.5) is 13.2 Å². The average molecular weight is 387 g/mol. The van der Waals surface area contributed by atoms with Crippen molar-refractivity contribution in [2.75, 3.05) is 6.61 Å². The molecule has 0 aliphatic rings. The minimum absolute atomic E-state index is 0.0735. The Kier molecular flexibility index (Phi) is 9.96. The molecule has 0 saturated carbocycles. The van der Waals surface area contributed by atoms with E-state index < -0.39 is 35.7 Å². The highest BCUT2D eigenvalue weighted by Gasteiger charge is 2.38. The van der Waals surface area contributed by atoms with E-state index in [2.05, 4.69) is 16.1 Å². The van der Waals surface area contributed by atoms with Gasteiger partial charge in [-0.15, -0.1) is 0 Å². The molecule has 0 heterocycles. The first-order valence-electron chi connectivity index (χ1n) is 7.18. The molecule has 146 valence electrons. The van der Waals surface area contributed by atoms with Gasteiger partial charge in [0.2, 0.25) is 0 Å². The Balaban J connectivity index is 0.000000821. The Bertz CT molecular complexity index is 729. The maximum atomic E-state index is 11.9. The Hall–Kier alpha value is -3.30. The van der Waals surface area contributed by atoms with Crippen LogP contribution in [0.25, 0.3) is 5.53 Å². The molecule has 0 aliphatic heterocycles. The topological polar surface area (TPSA) is 143 Å². The van der Waals surface area contributed by atoms with Gasteiger partial charge in [-0.2, -0.15) is 18.0 Å². The smallest absolute Gasteiger partial charge is 0.475 e. The molecule has 0 aromatic heterocycles. The second kappa shape index (κ2) is 11.3. The maximum Gasteiger partial charge on any atom is 0.490 e. The van der Waals surface area contributed by atoms with Crippen molar-refractivity contribution in [1.29, 1.82) is 0 Å². The molecule has 0 amide bonds. The van der Waals surface area contributed by atoms with E-state index in [1.165, 1.54) is 6.08 Å². The first kappa shape index (κ1) is 23.7. The van der Waals surface area contributed by atoms with E-state index >= 15 is 0 Å². The Labute approximate surface area is 151 Å². The molecule has 1 atom stereocenters. The number of hydrogen-bond donors (Lipinski definition) is 2. The molecule has 1 aromatic rings. The summed E-state index contributed by atoms with van der Waals surface area (Å²) < 4.78 is 36.4. The van der Waals surface area contributed by atoms with Gasteiger partial charge in [-0.1, -0.05) is 43.0 Å². The zero-order chi connectivity index (χ0) is 21.0. The SMILES string of the molecule is C=CCOC(=O)C(=[N+]=[N-])C(=O)C[C@@H](N)c1ccccc1.O=C(O)C(F)(F)F. The number of benzene rings is 1. The Morgan fingerprint density at radius 3 is 2.22 bits per heavy atom. The number of Topliss-reactive ketones (excluding diaryl/α,β-unsaturated/α-hetero) is 1. The number of nitrogens with zero attached hydrogens (tertiary/aromatic N) is 2. The van der Waals surface area contributed by atoms with Gasteiger partial charge in [0.1, 0.15) is 6.61 Å². The van der Waals surface area contributed by atoms with Crippen molar-refractivity contribution in [3.8, 4) is 0 Å². The minimum atomic E-state index is -5.08. The van der Waals surface area contributed by atoms with Crippen molar-refractivity contribution in [3.05, 3.63) is 54.1 Å². The molecule has 0 saturated heterocycles. The maximum absolute atomic E-state index is 11.9. The van der Waals surface area contributed by atoms with Crippen molar-refractivity contribution in [2.24, 2.45) is 5.73 Å². The predicted molar refractivity (Wildman–Crippen MR) is 86.5 cm³/mol. The standard InChI is InChI=1S/C14H15N3O3.C2HF3O2/c1-2-8-20-14(19)13(17-16)12(18)9-11(15)10-6-4-3-5-7-10;3-2(4,5)1(6)7/h2-7,11H,1,8-9,15H2;(H,6,7)/t11-;/m1./s1. The van der Waals surface area contributed by atoms with Crippen LogP contribution in [0.15, 0.2) is 43.0 Å². The Morgan fingerprint density at radius 2 is 1.81 bits per heavy atom. The quantitative estimate of drug-likeness (QED) is 0.182. The summed E-state index contributed by atoms with van der Waals surface area (Å²) in [5.74, 6) is -4.44. The average Bonchev–Trinajstić information content (AvgIpc) is 2.61. The van der Waals surface area contributed by atoms with E-state index in [1.54, 1.807) is 24.3 Å². The van der Waals surface area contributed by atoms with Gasteiger partial charge in [0, 0.05) is 12.5 Å². The molecule has 3 N–H and O–H groups in total. The number of carbonyl (C=O) groups excluding carboxylic acids is 2. The van der Waals surface area contributed by atoms with Crippen molar-refractivity contribution in [2.45, 2.75) is 18.6 Å². The van der Waals surface area contributed by atoms with Crippen molar-refractivity contribution < 1.29 is 42.2 Å². The first-order chi connectivity index (χ1) is 12.5. The molecule has 11 heteroatoms. The van der Waals surface area contributed by atoms with Crippen LogP contribution in [0.3, 0.4) is 0 Å². The number of halogens is 3. The number of ketones is 1. The third-order valence-electron chi connectivity index (χ3n) is 2.77. The number of rotatable bonds is 7. The normalized spacial score (nSPS) is 11.1. The lowest BCUT2D eigenvalue weighted by molar-refractivity contribution is -0.192. The third-order valence-corrected chi connectivity index (χ3v) is 2.77. The van der Waals surface area contributed by atoms with Gasteiger partial charge in [-0.3, -0.25) is 4.79 Å². The molecule has 1 rings (SSSR count). The van der Waals surface area contributed by atoms with Crippen LogP contribution in [0, 0.1) is 0 Å². The minimum Gasteiger partial charge on any atom is -0.475 e. The lowest BCUT2D eigenvalue weighted by Gasteiger charge is -2.09. The van der Waals surface area contributed by atoms with Crippen LogP contribution in [0.1, 0.15) is 18.0 Å². The number of alkyl halides is 3. The van der Waals surface area contributed by atoms with Gasteiger partial charge in [0.15, 0.2) is 0 Å². The number of aliphatic carboxylic acids is 1. The number of ether oxygens (including phenoxy) is 1. The fourth-order valence-electron chi connectivity index (χ4n) is 1.53. The summed E-state index contributed by atoms with van der Waals surface area (Å²) >= 11 is 0. The summed E-state index contributed by atoms with van der Waals surface area (Å²) in [4.78, 5) is 34.9. The molecule has 0 fully saturated rings. The summed E-state index contributed by atoms with van der Waals surface area (Å²) in [5, 5.41) is 7.12. The van der Waals surface area contributed by atoms with Crippen LogP contribution < -0.4 is 5.73 Å². The highest BCUT2D eigenvalue weighted by Crippen LogP contribution is 2.14. The molecule has 8 nitrogen and oxygen atoms in total. The van der Waals surface area contributed by atoms with Crippen molar-refractivity contribution >= 4 is 23.4 Å². The van der Waals surface area contributed by atoms with Crippen molar-refractivity contribution in [1.82, 2.24) is 0 Å². The fourth-order valence-corrected chi connectivity index (χ4v) is 1.53. The van der Waals surface area contributed by atoms with Crippen LogP contribution in [0.5, 0.6) is 0 Å². The second-order valence-electron chi connectivity index (χ2n) is 4.78. The molecule has 0 aliphatic carbocycles. The van der Waals surface area contributed by atoms with E-state index in [-0.39, 0.29) is 13.0 Å². The zero-order valence-corrected chi connectivity index (χ0v) is 13.8. The van der Waals surface area contributed by atoms with E-state index in [9.17, 15) is 22.8 Å². The van der Waals surface area contributed by atoms with Crippen LogP contribution >= 0.6 is 0 Å². The lowest BCUT2D eigenvalue weighted by atomic mass is 10.0.